The lowest BCUT2D eigenvalue weighted by Crippen LogP contribution is -2.29. The molecule has 98 valence electrons. The average molecular weight is 268 g/mol. The number of benzene rings is 1. The van der Waals surface area contributed by atoms with Crippen LogP contribution in [0.1, 0.15) is 37.7 Å². The van der Waals surface area contributed by atoms with Gasteiger partial charge in [-0.05, 0) is 43.9 Å². The number of hydrogen-bond donors (Lipinski definition) is 1. The molecule has 1 N–H and O–H groups in total. The largest absolute Gasteiger partial charge is 0.481 e. The van der Waals surface area contributed by atoms with Gasteiger partial charge in [0.2, 0.25) is 0 Å². The number of halogens is 1. The van der Waals surface area contributed by atoms with Crippen molar-refractivity contribution >= 4 is 23.3 Å². The Balaban J connectivity index is 2.21. The number of piperidine rings is 1. The predicted octanol–water partition coefficient (Wildman–Crippen LogP) is 3.52. The number of carboxylic acid groups (broad SMARTS) is 1. The lowest BCUT2D eigenvalue weighted by atomic mass is 10.0. The topological polar surface area (TPSA) is 40.5 Å². The quantitative estimate of drug-likeness (QED) is 0.911. The van der Waals surface area contributed by atoms with E-state index in [4.69, 9.17) is 16.7 Å². The lowest BCUT2D eigenvalue weighted by Gasteiger charge is -2.29. The van der Waals surface area contributed by atoms with Crippen molar-refractivity contribution < 1.29 is 9.90 Å². The highest BCUT2D eigenvalue weighted by Gasteiger charge is 2.18. The zero-order valence-corrected chi connectivity index (χ0v) is 11.3. The van der Waals surface area contributed by atoms with Crippen molar-refractivity contribution in [2.75, 3.05) is 18.0 Å². The molecule has 1 aliphatic rings. The Morgan fingerprint density at radius 1 is 1.33 bits per heavy atom. The summed E-state index contributed by atoms with van der Waals surface area (Å²) in [6.07, 6.45) is 3.68. The Morgan fingerprint density at radius 2 is 2.00 bits per heavy atom. The number of hydrogen-bond acceptors (Lipinski definition) is 2. The molecule has 1 fully saturated rings. The Labute approximate surface area is 112 Å². The maximum absolute atomic E-state index is 10.9. The fourth-order valence-corrected chi connectivity index (χ4v) is 2.63. The zero-order valence-electron chi connectivity index (χ0n) is 10.5. The molecule has 3 nitrogen and oxygen atoms in total. The first-order chi connectivity index (χ1) is 8.59. The Kier molecular flexibility index (Phi) is 4.12. The van der Waals surface area contributed by atoms with Crippen molar-refractivity contribution in [1.29, 1.82) is 0 Å². The molecule has 0 saturated carbocycles. The van der Waals surface area contributed by atoms with Crippen LogP contribution in [0.25, 0.3) is 0 Å². The molecule has 4 heteroatoms. The van der Waals surface area contributed by atoms with Gasteiger partial charge in [-0.3, -0.25) is 4.79 Å². The third-order valence-corrected chi connectivity index (χ3v) is 3.84. The van der Waals surface area contributed by atoms with E-state index < -0.39 is 11.9 Å². The van der Waals surface area contributed by atoms with Crippen LogP contribution < -0.4 is 4.90 Å². The number of nitrogens with zero attached hydrogens (tertiary/aromatic N) is 1. The Bertz CT molecular complexity index is 441. The summed E-state index contributed by atoms with van der Waals surface area (Å²) in [7, 11) is 0. The van der Waals surface area contributed by atoms with Crippen LogP contribution in [0.4, 0.5) is 5.69 Å². The minimum Gasteiger partial charge on any atom is -0.481 e. The molecule has 0 radical (unpaired) electrons. The second kappa shape index (κ2) is 5.61. The number of carbonyl (C=O) groups is 1. The molecule has 0 spiro atoms. The third kappa shape index (κ3) is 2.78. The third-order valence-electron chi connectivity index (χ3n) is 3.54. The van der Waals surface area contributed by atoms with Gasteiger partial charge in [0.1, 0.15) is 0 Å². The van der Waals surface area contributed by atoms with Crippen LogP contribution in [0.2, 0.25) is 5.02 Å². The van der Waals surface area contributed by atoms with E-state index in [1.165, 1.54) is 19.3 Å². The van der Waals surface area contributed by atoms with Gasteiger partial charge in [-0.25, -0.2) is 0 Å². The molecule has 0 bridgehead atoms. The minimum absolute atomic E-state index is 0.516. The van der Waals surface area contributed by atoms with E-state index in [9.17, 15) is 4.79 Å². The van der Waals surface area contributed by atoms with Crippen molar-refractivity contribution in [3.63, 3.8) is 0 Å². The summed E-state index contributed by atoms with van der Waals surface area (Å²) >= 11 is 6.28. The van der Waals surface area contributed by atoms with Crippen LogP contribution in [0.3, 0.4) is 0 Å². The van der Waals surface area contributed by atoms with Gasteiger partial charge >= 0.3 is 5.97 Å². The monoisotopic (exact) mass is 267 g/mol. The molecule has 2 rings (SSSR count). The molecule has 1 atom stereocenters. The Morgan fingerprint density at radius 3 is 2.56 bits per heavy atom. The lowest BCUT2D eigenvalue weighted by molar-refractivity contribution is -0.138. The highest BCUT2D eigenvalue weighted by molar-refractivity contribution is 6.33. The fourth-order valence-electron chi connectivity index (χ4n) is 2.33. The summed E-state index contributed by atoms with van der Waals surface area (Å²) in [6.45, 7) is 3.75. The van der Waals surface area contributed by atoms with Crippen LogP contribution in [0.5, 0.6) is 0 Å². The van der Waals surface area contributed by atoms with Gasteiger partial charge in [0.25, 0.3) is 0 Å². The van der Waals surface area contributed by atoms with Crippen molar-refractivity contribution in [2.24, 2.45) is 0 Å². The molecule has 18 heavy (non-hydrogen) atoms. The van der Waals surface area contributed by atoms with E-state index in [-0.39, 0.29) is 0 Å². The van der Waals surface area contributed by atoms with Gasteiger partial charge in [0.15, 0.2) is 0 Å². The number of aliphatic carboxylic acids is 1. The maximum atomic E-state index is 10.9. The highest BCUT2D eigenvalue weighted by Crippen LogP contribution is 2.31. The molecule has 0 aliphatic carbocycles. The summed E-state index contributed by atoms with van der Waals surface area (Å²) < 4.78 is 0. The Hall–Kier alpha value is -1.22. The van der Waals surface area contributed by atoms with Crippen LogP contribution in [-0.2, 0) is 4.79 Å². The van der Waals surface area contributed by atoms with Crippen molar-refractivity contribution in [2.45, 2.75) is 32.1 Å². The van der Waals surface area contributed by atoms with Gasteiger partial charge in [-0.1, -0.05) is 17.7 Å². The summed E-state index contributed by atoms with van der Waals surface area (Å²) in [4.78, 5) is 13.2. The SMILES string of the molecule is C[C@H](C(=O)O)c1ccc(N2CCCCC2)c(Cl)c1. The van der Waals surface area contributed by atoms with Gasteiger partial charge < -0.3 is 10.0 Å². The van der Waals surface area contributed by atoms with Gasteiger partial charge in [-0.15, -0.1) is 0 Å². The molecule has 0 amide bonds. The van der Waals surface area contributed by atoms with Gasteiger partial charge in [0, 0.05) is 13.1 Å². The summed E-state index contributed by atoms with van der Waals surface area (Å²) in [6, 6.07) is 5.60. The molecule has 1 saturated heterocycles. The van der Waals surface area contributed by atoms with Crippen molar-refractivity contribution in [3.8, 4) is 0 Å². The van der Waals surface area contributed by atoms with E-state index in [0.717, 1.165) is 24.3 Å². The molecule has 0 aromatic heterocycles. The van der Waals surface area contributed by atoms with Crippen molar-refractivity contribution in [1.82, 2.24) is 0 Å². The van der Waals surface area contributed by atoms with Crippen molar-refractivity contribution in [3.05, 3.63) is 28.8 Å². The molecule has 1 aromatic carbocycles. The van der Waals surface area contributed by atoms with E-state index in [1.807, 2.05) is 12.1 Å². The van der Waals surface area contributed by atoms with Gasteiger partial charge in [0.05, 0.1) is 16.6 Å². The van der Waals surface area contributed by atoms with Crippen LogP contribution in [-0.4, -0.2) is 24.2 Å². The predicted molar refractivity (Wildman–Crippen MR) is 73.6 cm³/mol. The van der Waals surface area contributed by atoms with Crippen LogP contribution in [0, 0.1) is 0 Å². The van der Waals surface area contributed by atoms with E-state index in [1.54, 1.807) is 13.0 Å². The van der Waals surface area contributed by atoms with E-state index in [2.05, 4.69) is 4.90 Å². The first-order valence-electron chi connectivity index (χ1n) is 6.37. The second-order valence-electron chi connectivity index (χ2n) is 4.82. The maximum Gasteiger partial charge on any atom is 0.310 e. The van der Waals surface area contributed by atoms with Gasteiger partial charge in [-0.2, -0.15) is 0 Å². The minimum atomic E-state index is -0.822. The zero-order chi connectivity index (χ0) is 13.1. The molecule has 1 heterocycles. The van der Waals surface area contributed by atoms with Crippen LogP contribution >= 0.6 is 11.6 Å². The normalized spacial score (nSPS) is 17.6. The molecule has 1 aliphatic heterocycles. The molecule has 0 unspecified atom stereocenters. The van der Waals surface area contributed by atoms with E-state index in [0.29, 0.717) is 5.02 Å². The number of anilines is 1. The number of carboxylic acids is 1. The molecular weight excluding hydrogens is 250 g/mol. The van der Waals surface area contributed by atoms with E-state index >= 15 is 0 Å². The van der Waals surface area contributed by atoms with Crippen LogP contribution in [0.15, 0.2) is 18.2 Å². The summed E-state index contributed by atoms with van der Waals surface area (Å²) in [5, 5.41) is 9.65. The number of rotatable bonds is 3. The first kappa shape index (κ1) is 13.2. The fraction of sp³-hybridized carbons (Fsp3) is 0.500. The smallest absolute Gasteiger partial charge is 0.310 e. The summed E-state index contributed by atoms with van der Waals surface area (Å²) in [5.41, 5.74) is 1.78. The standard InChI is InChI=1S/C14H18ClNO2/c1-10(14(17)18)11-5-6-13(12(15)9-11)16-7-3-2-4-8-16/h5-6,9-10H,2-4,7-8H2,1H3,(H,17,18)/t10-/m0/s1. The second-order valence-corrected chi connectivity index (χ2v) is 5.23. The first-order valence-corrected chi connectivity index (χ1v) is 6.74. The highest BCUT2D eigenvalue weighted by atomic mass is 35.5. The molecular formula is C14H18ClNO2. The molecule has 1 aromatic rings. The average Bonchev–Trinajstić information content (AvgIpc) is 2.38. The summed E-state index contributed by atoms with van der Waals surface area (Å²) in [5.74, 6) is -1.34.